The van der Waals surface area contributed by atoms with E-state index in [2.05, 4.69) is 10.6 Å². The van der Waals surface area contributed by atoms with E-state index in [4.69, 9.17) is 9.47 Å². The van der Waals surface area contributed by atoms with Gasteiger partial charge in [0.15, 0.2) is 11.5 Å². The largest absolute Gasteiger partial charge is 0.493 e. The lowest BCUT2D eigenvalue weighted by atomic mass is 10.1. The van der Waals surface area contributed by atoms with Crippen molar-refractivity contribution >= 4 is 35.0 Å². The summed E-state index contributed by atoms with van der Waals surface area (Å²) in [6, 6.07) is 10.5. The number of carbonyl (C=O) groups is 2. The summed E-state index contributed by atoms with van der Waals surface area (Å²) in [7, 11) is 3.09. The Balaban J connectivity index is 1.81. The maximum atomic E-state index is 12.5. The number of thioether (sulfide) groups is 1. The molecule has 2 aromatic carbocycles. The second-order valence-corrected chi connectivity index (χ2v) is 6.52. The molecule has 0 bridgehead atoms. The number of anilines is 2. The first-order valence-electron chi connectivity index (χ1n) is 7.71. The molecule has 2 aromatic rings. The second kappa shape index (κ2) is 7.48. The van der Waals surface area contributed by atoms with Crippen LogP contribution in [0, 0.1) is 0 Å². The van der Waals surface area contributed by atoms with Gasteiger partial charge in [0.1, 0.15) is 0 Å². The summed E-state index contributed by atoms with van der Waals surface area (Å²) in [6.07, 6.45) is 0.465. The van der Waals surface area contributed by atoms with Crippen molar-refractivity contribution in [1.82, 2.24) is 0 Å². The van der Waals surface area contributed by atoms with Crippen LogP contribution in [0.5, 0.6) is 11.5 Å². The van der Waals surface area contributed by atoms with Crippen molar-refractivity contribution in [3.8, 4) is 11.5 Å². The molecule has 0 aromatic heterocycles. The first kappa shape index (κ1) is 17.2. The van der Waals surface area contributed by atoms with Crippen LogP contribution in [0.15, 0.2) is 41.3 Å². The average Bonchev–Trinajstić information content (AvgIpc) is 2.81. The predicted molar refractivity (Wildman–Crippen MR) is 97.9 cm³/mol. The maximum Gasteiger partial charge on any atom is 0.255 e. The normalized spacial score (nSPS) is 13.3. The number of fused-ring (bicyclic) bond motifs is 1. The molecule has 0 aliphatic carbocycles. The van der Waals surface area contributed by atoms with Crippen LogP contribution in [-0.4, -0.2) is 31.8 Å². The number of hydrogen-bond acceptors (Lipinski definition) is 5. The van der Waals surface area contributed by atoms with Crippen molar-refractivity contribution in [3.05, 3.63) is 42.0 Å². The minimum Gasteiger partial charge on any atom is -0.493 e. The number of amides is 2. The highest BCUT2D eigenvalue weighted by Crippen LogP contribution is 2.32. The molecular weight excluding hydrogens is 340 g/mol. The SMILES string of the molecule is COc1ccc(NC(=O)c2ccc3c(c2)NC(=O)CCS3)cc1OC. The Hall–Kier alpha value is -2.67. The molecule has 7 heteroatoms. The molecule has 0 spiro atoms. The smallest absolute Gasteiger partial charge is 0.255 e. The van der Waals surface area contributed by atoms with E-state index in [0.29, 0.717) is 34.9 Å². The van der Waals surface area contributed by atoms with Crippen molar-refractivity contribution in [2.45, 2.75) is 11.3 Å². The third kappa shape index (κ3) is 3.88. The summed E-state index contributed by atoms with van der Waals surface area (Å²) in [6.45, 7) is 0. The molecule has 0 saturated heterocycles. The second-order valence-electron chi connectivity index (χ2n) is 5.38. The van der Waals surface area contributed by atoms with Gasteiger partial charge in [-0.25, -0.2) is 0 Å². The van der Waals surface area contributed by atoms with Gasteiger partial charge in [-0.2, -0.15) is 0 Å². The lowest BCUT2D eigenvalue weighted by Gasteiger charge is -2.12. The van der Waals surface area contributed by atoms with Crippen molar-refractivity contribution < 1.29 is 19.1 Å². The molecule has 2 amide bonds. The van der Waals surface area contributed by atoms with E-state index in [1.54, 1.807) is 49.2 Å². The molecule has 0 radical (unpaired) electrons. The summed E-state index contributed by atoms with van der Waals surface area (Å²) in [5.74, 6) is 1.55. The summed E-state index contributed by atoms with van der Waals surface area (Å²) in [5.41, 5.74) is 1.74. The average molecular weight is 358 g/mol. The van der Waals surface area contributed by atoms with Crippen molar-refractivity contribution in [1.29, 1.82) is 0 Å². The Bertz CT molecular complexity index is 823. The van der Waals surface area contributed by atoms with Crippen LogP contribution < -0.4 is 20.1 Å². The molecule has 0 atom stereocenters. The standard InChI is InChI=1S/C18H18N2O4S/c1-23-14-5-4-12(10-15(14)24-2)19-18(22)11-3-6-16-13(9-11)20-17(21)7-8-25-16/h3-6,9-10H,7-8H2,1-2H3,(H,19,22)(H,20,21). The van der Waals surface area contributed by atoms with Crippen molar-refractivity contribution in [3.63, 3.8) is 0 Å². The molecule has 0 fully saturated rings. The van der Waals surface area contributed by atoms with Gasteiger partial charge in [0, 0.05) is 34.4 Å². The molecule has 1 aliphatic heterocycles. The zero-order chi connectivity index (χ0) is 17.8. The first-order valence-corrected chi connectivity index (χ1v) is 8.69. The molecule has 25 heavy (non-hydrogen) atoms. The van der Waals surface area contributed by atoms with Gasteiger partial charge >= 0.3 is 0 Å². The minimum atomic E-state index is -0.265. The van der Waals surface area contributed by atoms with E-state index in [0.717, 1.165) is 10.6 Å². The van der Waals surface area contributed by atoms with Gasteiger partial charge in [0.2, 0.25) is 5.91 Å². The quantitative estimate of drug-likeness (QED) is 0.876. The van der Waals surface area contributed by atoms with Crippen LogP contribution in [0.25, 0.3) is 0 Å². The monoisotopic (exact) mass is 358 g/mol. The van der Waals surface area contributed by atoms with Crippen LogP contribution in [0.4, 0.5) is 11.4 Å². The highest BCUT2D eigenvalue weighted by molar-refractivity contribution is 7.99. The number of nitrogens with one attached hydrogen (secondary N) is 2. The van der Waals surface area contributed by atoms with Gasteiger partial charge in [0.05, 0.1) is 19.9 Å². The molecule has 2 N–H and O–H groups in total. The lowest BCUT2D eigenvalue weighted by molar-refractivity contribution is -0.115. The van der Waals surface area contributed by atoms with Crippen LogP contribution >= 0.6 is 11.8 Å². The van der Waals surface area contributed by atoms with Gasteiger partial charge in [-0.05, 0) is 30.3 Å². The van der Waals surface area contributed by atoms with E-state index in [1.807, 2.05) is 6.07 Å². The Morgan fingerprint density at radius 1 is 1.12 bits per heavy atom. The Morgan fingerprint density at radius 3 is 2.68 bits per heavy atom. The Morgan fingerprint density at radius 2 is 1.92 bits per heavy atom. The maximum absolute atomic E-state index is 12.5. The van der Waals surface area contributed by atoms with Crippen molar-refractivity contribution in [2.24, 2.45) is 0 Å². The minimum absolute atomic E-state index is 0.0382. The molecule has 130 valence electrons. The van der Waals surface area contributed by atoms with Crippen LogP contribution in [0.1, 0.15) is 16.8 Å². The zero-order valence-electron chi connectivity index (χ0n) is 13.9. The molecule has 0 saturated carbocycles. The lowest BCUT2D eigenvalue weighted by Crippen LogP contribution is -2.14. The highest BCUT2D eigenvalue weighted by atomic mass is 32.2. The summed E-state index contributed by atoms with van der Waals surface area (Å²) >= 11 is 1.60. The molecule has 0 unspecified atom stereocenters. The highest BCUT2D eigenvalue weighted by Gasteiger charge is 2.16. The predicted octanol–water partition coefficient (Wildman–Crippen LogP) is 3.39. The van der Waals surface area contributed by atoms with Gasteiger partial charge in [-0.3, -0.25) is 9.59 Å². The summed E-state index contributed by atoms with van der Waals surface area (Å²) < 4.78 is 10.4. The van der Waals surface area contributed by atoms with Crippen LogP contribution in [-0.2, 0) is 4.79 Å². The van der Waals surface area contributed by atoms with E-state index >= 15 is 0 Å². The topological polar surface area (TPSA) is 76.7 Å². The molecule has 3 rings (SSSR count). The number of hydrogen-bond donors (Lipinski definition) is 2. The fourth-order valence-corrected chi connectivity index (χ4v) is 3.42. The van der Waals surface area contributed by atoms with Gasteiger partial charge in [-0.15, -0.1) is 11.8 Å². The molecule has 6 nitrogen and oxygen atoms in total. The fraction of sp³-hybridized carbons (Fsp3) is 0.222. The Kier molecular flexibility index (Phi) is 5.14. The van der Waals surface area contributed by atoms with Crippen molar-refractivity contribution in [2.75, 3.05) is 30.6 Å². The van der Waals surface area contributed by atoms with Gasteiger partial charge in [-0.1, -0.05) is 0 Å². The number of carbonyl (C=O) groups excluding carboxylic acids is 2. The fourth-order valence-electron chi connectivity index (χ4n) is 2.48. The van der Waals surface area contributed by atoms with E-state index < -0.39 is 0 Å². The summed E-state index contributed by atoms with van der Waals surface area (Å²) in [5, 5.41) is 5.66. The molecular formula is C18H18N2O4S. The first-order chi connectivity index (χ1) is 12.1. The molecule has 1 heterocycles. The number of methoxy groups -OCH3 is 2. The van der Waals surface area contributed by atoms with Gasteiger partial charge < -0.3 is 20.1 Å². The number of benzene rings is 2. The third-order valence-electron chi connectivity index (χ3n) is 3.74. The summed E-state index contributed by atoms with van der Waals surface area (Å²) in [4.78, 5) is 25.2. The van der Waals surface area contributed by atoms with Gasteiger partial charge in [0.25, 0.3) is 5.91 Å². The van der Waals surface area contributed by atoms with E-state index in [9.17, 15) is 9.59 Å². The number of ether oxygens (including phenoxy) is 2. The number of rotatable bonds is 4. The molecule has 1 aliphatic rings. The zero-order valence-corrected chi connectivity index (χ0v) is 14.7. The van der Waals surface area contributed by atoms with E-state index in [-0.39, 0.29) is 11.8 Å². The third-order valence-corrected chi connectivity index (χ3v) is 4.82. The van der Waals surface area contributed by atoms with Crippen LogP contribution in [0.3, 0.4) is 0 Å². The Labute approximate surface area is 149 Å². The van der Waals surface area contributed by atoms with Crippen LogP contribution in [0.2, 0.25) is 0 Å². The van der Waals surface area contributed by atoms with E-state index in [1.165, 1.54) is 7.11 Å².